The van der Waals surface area contributed by atoms with Crippen LogP contribution >= 0.6 is 0 Å². The van der Waals surface area contributed by atoms with Crippen molar-refractivity contribution in [2.45, 2.75) is 44.1 Å². The first kappa shape index (κ1) is 11.2. The van der Waals surface area contributed by atoms with Crippen molar-refractivity contribution in [3.63, 3.8) is 0 Å². The SMILES string of the molecule is C1CNC(Cc2nc(C3CCCOC3)no2)C1. The molecule has 3 rings (SSSR count). The van der Waals surface area contributed by atoms with Crippen LogP contribution in [0.15, 0.2) is 4.52 Å². The average molecular weight is 237 g/mol. The highest BCUT2D eigenvalue weighted by Gasteiger charge is 2.23. The number of nitrogens with one attached hydrogen (secondary N) is 1. The van der Waals surface area contributed by atoms with Gasteiger partial charge in [-0.1, -0.05) is 5.16 Å². The minimum absolute atomic E-state index is 0.331. The van der Waals surface area contributed by atoms with Gasteiger partial charge in [-0.25, -0.2) is 0 Å². The third-order valence-electron chi connectivity index (χ3n) is 3.59. The summed E-state index contributed by atoms with van der Waals surface area (Å²) in [5.74, 6) is 1.93. The van der Waals surface area contributed by atoms with Gasteiger partial charge in [0.15, 0.2) is 5.82 Å². The summed E-state index contributed by atoms with van der Waals surface area (Å²) in [6, 6.07) is 0.519. The molecular weight excluding hydrogens is 218 g/mol. The van der Waals surface area contributed by atoms with Crippen molar-refractivity contribution in [3.8, 4) is 0 Å². The van der Waals surface area contributed by atoms with Crippen molar-refractivity contribution in [1.82, 2.24) is 15.5 Å². The molecule has 5 nitrogen and oxygen atoms in total. The lowest BCUT2D eigenvalue weighted by atomic mass is 10.0. The predicted octanol–water partition coefficient (Wildman–Crippen LogP) is 1.26. The predicted molar refractivity (Wildman–Crippen MR) is 61.8 cm³/mol. The number of ether oxygens (including phenoxy) is 1. The molecule has 1 N–H and O–H groups in total. The molecule has 0 amide bonds. The lowest BCUT2D eigenvalue weighted by Crippen LogP contribution is -2.23. The van der Waals surface area contributed by atoms with E-state index >= 15 is 0 Å². The average Bonchev–Trinajstić information content (AvgIpc) is 3.02. The van der Waals surface area contributed by atoms with Crippen molar-refractivity contribution in [2.24, 2.45) is 0 Å². The van der Waals surface area contributed by atoms with E-state index in [1.165, 1.54) is 12.8 Å². The van der Waals surface area contributed by atoms with Crippen LogP contribution in [0.25, 0.3) is 0 Å². The monoisotopic (exact) mass is 237 g/mol. The molecule has 0 saturated carbocycles. The highest BCUT2D eigenvalue weighted by Crippen LogP contribution is 2.23. The highest BCUT2D eigenvalue weighted by molar-refractivity contribution is 4.98. The number of nitrogens with zero attached hydrogens (tertiary/aromatic N) is 2. The molecule has 94 valence electrons. The Kier molecular flexibility index (Phi) is 3.38. The molecular formula is C12H19N3O2. The fraction of sp³-hybridized carbons (Fsp3) is 0.833. The van der Waals surface area contributed by atoms with Crippen LogP contribution in [0.2, 0.25) is 0 Å². The standard InChI is InChI=1S/C12H19N3O2/c1-4-10(13-5-1)7-11-14-12(15-17-11)9-3-2-6-16-8-9/h9-10,13H,1-8H2. The van der Waals surface area contributed by atoms with Crippen LogP contribution in [-0.2, 0) is 11.2 Å². The zero-order chi connectivity index (χ0) is 11.5. The summed E-state index contributed by atoms with van der Waals surface area (Å²) in [6.45, 7) is 2.72. The van der Waals surface area contributed by atoms with Crippen LogP contribution in [0.3, 0.4) is 0 Å². The van der Waals surface area contributed by atoms with E-state index in [2.05, 4.69) is 15.5 Å². The van der Waals surface area contributed by atoms with Crippen LogP contribution in [0.1, 0.15) is 43.3 Å². The Morgan fingerprint density at radius 2 is 2.29 bits per heavy atom. The fourth-order valence-corrected chi connectivity index (χ4v) is 2.60. The van der Waals surface area contributed by atoms with Crippen LogP contribution in [0.4, 0.5) is 0 Å². The van der Waals surface area contributed by atoms with Crippen molar-refractivity contribution in [1.29, 1.82) is 0 Å². The Morgan fingerprint density at radius 3 is 3.06 bits per heavy atom. The smallest absolute Gasteiger partial charge is 0.228 e. The second-order valence-corrected chi connectivity index (χ2v) is 4.96. The molecule has 5 heteroatoms. The molecule has 0 aromatic carbocycles. The maximum atomic E-state index is 5.45. The molecule has 2 aliphatic rings. The van der Waals surface area contributed by atoms with Gasteiger partial charge in [0.1, 0.15) is 0 Å². The molecule has 0 bridgehead atoms. The van der Waals surface area contributed by atoms with E-state index in [4.69, 9.17) is 9.26 Å². The van der Waals surface area contributed by atoms with Crippen molar-refractivity contribution in [2.75, 3.05) is 19.8 Å². The number of hydrogen-bond donors (Lipinski definition) is 1. The van der Waals surface area contributed by atoms with E-state index in [0.717, 1.165) is 50.7 Å². The zero-order valence-corrected chi connectivity index (χ0v) is 10.0. The summed E-state index contributed by atoms with van der Waals surface area (Å²) in [4.78, 5) is 4.50. The third-order valence-corrected chi connectivity index (χ3v) is 3.59. The molecule has 2 saturated heterocycles. The maximum Gasteiger partial charge on any atom is 0.228 e. The van der Waals surface area contributed by atoms with E-state index in [0.29, 0.717) is 12.0 Å². The lowest BCUT2D eigenvalue weighted by molar-refractivity contribution is 0.0773. The minimum atomic E-state index is 0.331. The Labute approximate surface area is 101 Å². The van der Waals surface area contributed by atoms with Gasteiger partial charge < -0.3 is 14.6 Å². The summed E-state index contributed by atoms with van der Waals surface area (Å²) in [5.41, 5.74) is 0. The Balaban J connectivity index is 1.60. The Morgan fingerprint density at radius 1 is 1.29 bits per heavy atom. The van der Waals surface area contributed by atoms with E-state index in [1.54, 1.807) is 0 Å². The zero-order valence-electron chi connectivity index (χ0n) is 10.0. The van der Waals surface area contributed by atoms with Crippen molar-refractivity contribution >= 4 is 0 Å². The summed E-state index contributed by atoms with van der Waals surface area (Å²) >= 11 is 0. The van der Waals surface area contributed by atoms with E-state index in [-0.39, 0.29) is 0 Å². The van der Waals surface area contributed by atoms with Crippen LogP contribution in [-0.4, -0.2) is 35.9 Å². The molecule has 2 atom stereocenters. The van der Waals surface area contributed by atoms with E-state index in [9.17, 15) is 0 Å². The summed E-state index contributed by atoms with van der Waals surface area (Å²) < 4.78 is 10.8. The maximum absolute atomic E-state index is 5.45. The van der Waals surface area contributed by atoms with Gasteiger partial charge in [-0.2, -0.15) is 4.98 Å². The second kappa shape index (κ2) is 5.14. The lowest BCUT2D eigenvalue weighted by Gasteiger charge is -2.18. The molecule has 2 aliphatic heterocycles. The van der Waals surface area contributed by atoms with Crippen LogP contribution < -0.4 is 5.32 Å². The van der Waals surface area contributed by atoms with E-state index in [1.807, 2.05) is 0 Å². The molecule has 1 aromatic heterocycles. The van der Waals surface area contributed by atoms with E-state index < -0.39 is 0 Å². The fourth-order valence-electron chi connectivity index (χ4n) is 2.60. The summed E-state index contributed by atoms with van der Waals surface area (Å²) in [6.07, 6.45) is 5.53. The van der Waals surface area contributed by atoms with Crippen LogP contribution in [0.5, 0.6) is 0 Å². The van der Waals surface area contributed by atoms with Gasteiger partial charge in [-0.15, -0.1) is 0 Å². The number of aromatic nitrogens is 2. The first-order chi connectivity index (χ1) is 8.42. The Hall–Kier alpha value is -0.940. The summed E-state index contributed by atoms with van der Waals surface area (Å²) in [7, 11) is 0. The van der Waals surface area contributed by atoms with Crippen molar-refractivity contribution < 1.29 is 9.26 Å². The molecule has 2 fully saturated rings. The van der Waals surface area contributed by atoms with Crippen LogP contribution in [0, 0.1) is 0 Å². The minimum Gasteiger partial charge on any atom is -0.381 e. The molecule has 0 spiro atoms. The van der Waals surface area contributed by atoms with Crippen molar-refractivity contribution in [3.05, 3.63) is 11.7 Å². The van der Waals surface area contributed by atoms with Gasteiger partial charge in [0.2, 0.25) is 5.89 Å². The molecule has 1 aromatic rings. The molecule has 3 heterocycles. The highest BCUT2D eigenvalue weighted by atomic mass is 16.5. The van der Waals surface area contributed by atoms with Gasteiger partial charge in [-0.3, -0.25) is 0 Å². The molecule has 0 radical (unpaired) electrons. The normalized spacial score (nSPS) is 29.6. The third kappa shape index (κ3) is 2.66. The topological polar surface area (TPSA) is 60.2 Å². The van der Waals surface area contributed by atoms with Gasteiger partial charge >= 0.3 is 0 Å². The van der Waals surface area contributed by atoms with Gasteiger partial charge in [0.05, 0.1) is 6.61 Å². The number of rotatable bonds is 3. The molecule has 0 aliphatic carbocycles. The Bertz CT molecular complexity index is 354. The van der Waals surface area contributed by atoms with Gasteiger partial charge in [-0.05, 0) is 32.2 Å². The largest absolute Gasteiger partial charge is 0.381 e. The second-order valence-electron chi connectivity index (χ2n) is 4.96. The quantitative estimate of drug-likeness (QED) is 0.857. The first-order valence-electron chi connectivity index (χ1n) is 6.55. The van der Waals surface area contributed by atoms with Gasteiger partial charge in [0, 0.05) is 25.0 Å². The summed E-state index contributed by atoms with van der Waals surface area (Å²) in [5, 5.41) is 7.53. The first-order valence-corrected chi connectivity index (χ1v) is 6.55. The molecule has 2 unspecified atom stereocenters. The van der Waals surface area contributed by atoms with Gasteiger partial charge in [0.25, 0.3) is 0 Å². The number of hydrogen-bond acceptors (Lipinski definition) is 5. The molecule has 17 heavy (non-hydrogen) atoms.